The predicted molar refractivity (Wildman–Crippen MR) is 203 cm³/mol. The van der Waals surface area contributed by atoms with Crippen molar-refractivity contribution in [1.29, 1.82) is 0 Å². The molecule has 0 atom stereocenters. The van der Waals surface area contributed by atoms with E-state index in [0.717, 1.165) is 22.7 Å². The highest BCUT2D eigenvalue weighted by molar-refractivity contribution is 6.19. The van der Waals surface area contributed by atoms with Gasteiger partial charge in [-0.15, -0.1) is 0 Å². The molecular weight excluding hydrogens is 581 g/mol. The zero-order chi connectivity index (χ0) is 31.6. The number of aromatic nitrogens is 1. The Bertz CT molecular complexity index is 2580. The Kier molecular flexibility index (Phi) is 5.91. The topological polar surface area (TPSA) is 8.17 Å². The van der Waals surface area contributed by atoms with E-state index >= 15 is 0 Å². The van der Waals surface area contributed by atoms with Crippen LogP contribution in [0.1, 0.15) is 0 Å². The van der Waals surface area contributed by atoms with Crippen molar-refractivity contribution in [2.24, 2.45) is 0 Å². The molecule has 0 spiro atoms. The maximum absolute atomic E-state index is 2.41. The van der Waals surface area contributed by atoms with Crippen LogP contribution in [-0.4, -0.2) is 4.57 Å². The van der Waals surface area contributed by atoms with E-state index in [1.54, 1.807) is 0 Å². The van der Waals surface area contributed by atoms with E-state index in [0.29, 0.717) is 0 Å². The molecular formula is C46H30N2. The number of nitrogens with zero attached hydrogens (tertiary/aromatic N) is 2. The molecule has 1 aliphatic carbocycles. The van der Waals surface area contributed by atoms with Crippen molar-refractivity contribution in [2.45, 2.75) is 0 Å². The van der Waals surface area contributed by atoms with E-state index < -0.39 is 0 Å². The summed E-state index contributed by atoms with van der Waals surface area (Å²) in [5.74, 6) is 0. The molecule has 0 N–H and O–H groups in total. The lowest BCUT2D eigenvalue weighted by Gasteiger charge is -2.25. The van der Waals surface area contributed by atoms with Crippen molar-refractivity contribution in [3.05, 3.63) is 182 Å². The lowest BCUT2D eigenvalue weighted by atomic mass is 9.93. The minimum Gasteiger partial charge on any atom is -0.310 e. The van der Waals surface area contributed by atoms with Crippen molar-refractivity contribution in [3.63, 3.8) is 0 Å². The highest BCUT2D eigenvalue weighted by Crippen LogP contribution is 2.49. The Hall–Kier alpha value is -6.38. The summed E-state index contributed by atoms with van der Waals surface area (Å²) in [7, 11) is 0. The maximum atomic E-state index is 2.41. The van der Waals surface area contributed by atoms with Gasteiger partial charge in [0, 0.05) is 33.5 Å². The fourth-order valence-corrected chi connectivity index (χ4v) is 7.83. The van der Waals surface area contributed by atoms with Crippen molar-refractivity contribution in [1.82, 2.24) is 4.57 Å². The quantitative estimate of drug-likeness (QED) is 0.188. The van der Waals surface area contributed by atoms with Crippen LogP contribution in [0.3, 0.4) is 0 Å². The van der Waals surface area contributed by atoms with Gasteiger partial charge >= 0.3 is 0 Å². The van der Waals surface area contributed by atoms with E-state index in [1.165, 1.54) is 66.0 Å². The smallest absolute Gasteiger partial charge is 0.0542 e. The van der Waals surface area contributed by atoms with Crippen LogP contribution < -0.4 is 4.90 Å². The van der Waals surface area contributed by atoms with Gasteiger partial charge in [-0.2, -0.15) is 0 Å². The summed E-state index contributed by atoms with van der Waals surface area (Å²) >= 11 is 0. The fraction of sp³-hybridized carbons (Fsp3) is 0. The normalized spacial score (nSPS) is 11.8. The molecule has 0 saturated carbocycles. The van der Waals surface area contributed by atoms with Crippen LogP contribution in [0.25, 0.3) is 71.6 Å². The molecule has 0 radical (unpaired) electrons. The van der Waals surface area contributed by atoms with Crippen LogP contribution in [0.2, 0.25) is 0 Å². The Morgan fingerprint density at radius 1 is 0.333 bits per heavy atom. The van der Waals surface area contributed by atoms with Gasteiger partial charge in [-0.1, -0.05) is 115 Å². The number of rotatable bonds is 5. The van der Waals surface area contributed by atoms with Crippen LogP contribution in [-0.2, 0) is 0 Å². The molecule has 2 nitrogen and oxygen atoms in total. The summed E-state index contributed by atoms with van der Waals surface area (Å²) in [5.41, 5.74) is 14.7. The third-order valence-corrected chi connectivity index (χ3v) is 9.91. The van der Waals surface area contributed by atoms with Crippen molar-refractivity contribution in [2.75, 3.05) is 4.90 Å². The van der Waals surface area contributed by atoms with E-state index in [4.69, 9.17) is 0 Å². The van der Waals surface area contributed by atoms with Gasteiger partial charge in [0.1, 0.15) is 0 Å². The Balaban J connectivity index is 1.23. The number of hydrogen-bond acceptors (Lipinski definition) is 1. The zero-order valence-electron chi connectivity index (χ0n) is 26.2. The van der Waals surface area contributed by atoms with Gasteiger partial charge in [-0.3, -0.25) is 0 Å². The third-order valence-electron chi connectivity index (χ3n) is 9.91. The molecule has 10 rings (SSSR count). The van der Waals surface area contributed by atoms with E-state index in [-0.39, 0.29) is 0 Å². The number of benzene rings is 8. The Labute approximate surface area is 279 Å². The van der Waals surface area contributed by atoms with Gasteiger partial charge in [-0.25, -0.2) is 0 Å². The molecule has 2 heteroatoms. The molecule has 48 heavy (non-hydrogen) atoms. The monoisotopic (exact) mass is 610 g/mol. The first kappa shape index (κ1) is 26.8. The summed E-state index contributed by atoms with van der Waals surface area (Å²) < 4.78 is 2.40. The fourth-order valence-electron chi connectivity index (χ4n) is 7.83. The summed E-state index contributed by atoms with van der Waals surface area (Å²) in [6, 6.07) is 66.1. The average Bonchev–Trinajstić information content (AvgIpc) is 3.66. The van der Waals surface area contributed by atoms with Gasteiger partial charge in [-0.05, 0) is 111 Å². The molecule has 0 aliphatic heterocycles. The second-order valence-electron chi connectivity index (χ2n) is 12.5. The molecule has 224 valence electrons. The van der Waals surface area contributed by atoms with Crippen molar-refractivity contribution >= 4 is 49.6 Å². The molecule has 9 aromatic rings. The SMILES string of the molecule is c1ccc(N(c2ccccc2)c2ccc3c(c2)c2cc(-c4ccc5c6c(cccc46)-c4ccccc4-5)ccc2n3-c2ccccc2)cc1. The highest BCUT2D eigenvalue weighted by atomic mass is 15.1. The van der Waals surface area contributed by atoms with Gasteiger partial charge in [0.15, 0.2) is 0 Å². The van der Waals surface area contributed by atoms with E-state index in [9.17, 15) is 0 Å². The molecule has 1 aliphatic rings. The molecule has 0 bridgehead atoms. The largest absolute Gasteiger partial charge is 0.310 e. The average molecular weight is 611 g/mol. The van der Waals surface area contributed by atoms with Gasteiger partial charge < -0.3 is 9.47 Å². The summed E-state index contributed by atoms with van der Waals surface area (Å²) in [5, 5.41) is 5.11. The first-order valence-electron chi connectivity index (χ1n) is 16.5. The Morgan fingerprint density at radius 2 is 0.875 bits per heavy atom. The van der Waals surface area contributed by atoms with Gasteiger partial charge in [0.2, 0.25) is 0 Å². The summed E-state index contributed by atoms with van der Waals surface area (Å²) in [6.45, 7) is 0. The summed E-state index contributed by atoms with van der Waals surface area (Å²) in [4.78, 5) is 2.34. The minimum atomic E-state index is 1.13. The molecule has 0 saturated heterocycles. The second-order valence-corrected chi connectivity index (χ2v) is 12.5. The number of anilines is 3. The minimum absolute atomic E-state index is 1.13. The van der Waals surface area contributed by atoms with Crippen molar-refractivity contribution in [3.8, 4) is 39.1 Å². The van der Waals surface area contributed by atoms with E-state index in [2.05, 4.69) is 191 Å². The molecule has 0 unspecified atom stereocenters. The highest BCUT2D eigenvalue weighted by Gasteiger charge is 2.23. The lowest BCUT2D eigenvalue weighted by molar-refractivity contribution is 1.18. The first-order valence-corrected chi connectivity index (χ1v) is 16.5. The standard InChI is InChI=1S/C46H30N2/c1-4-13-32(14-5-1)47(33-15-6-2-7-16-33)35-24-28-45-43(30-35)42-29-31(23-27-44(42)48(45)34-17-8-3-9-18-34)36-25-26-41-38-20-11-10-19-37(38)40-22-12-21-39(36)46(40)41/h1-30H. The van der Waals surface area contributed by atoms with Crippen LogP contribution >= 0.6 is 0 Å². The molecule has 0 amide bonds. The van der Waals surface area contributed by atoms with Crippen LogP contribution in [0, 0.1) is 0 Å². The zero-order valence-corrected chi connectivity index (χ0v) is 26.2. The van der Waals surface area contributed by atoms with Crippen LogP contribution in [0.4, 0.5) is 17.1 Å². The van der Waals surface area contributed by atoms with Crippen LogP contribution in [0.5, 0.6) is 0 Å². The Morgan fingerprint density at radius 3 is 1.56 bits per heavy atom. The van der Waals surface area contributed by atoms with Crippen LogP contribution in [0.15, 0.2) is 182 Å². The maximum Gasteiger partial charge on any atom is 0.0542 e. The number of hydrogen-bond donors (Lipinski definition) is 0. The lowest BCUT2D eigenvalue weighted by Crippen LogP contribution is -2.09. The molecule has 0 fully saturated rings. The first-order chi connectivity index (χ1) is 23.8. The predicted octanol–water partition coefficient (Wildman–Crippen LogP) is 12.7. The van der Waals surface area contributed by atoms with E-state index in [1.807, 2.05) is 0 Å². The molecule has 1 heterocycles. The van der Waals surface area contributed by atoms with Crippen molar-refractivity contribution < 1.29 is 0 Å². The van der Waals surface area contributed by atoms with Gasteiger partial charge in [0.25, 0.3) is 0 Å². The second kappa shape index (κ2) is 10.6. The number of fused-ring (bicyclic) bond motifs is 6. The van der Waals surface area contributed by atoms with Gasteiger partial charge in [0.05, 0.1) is 11.0 Å². The summed E-state index contributed by atoms with van der Waals surface area (Å²) in [6.07, 6.45) is 0. The number of para-hydroxylation sites is 3. The third kappa shape index (κ3) is 4.00. The molecule has 8 aromatic carbocycles. The molecule has 1 aromatic heterocycles.